The van der Waals surface area contributed by atoms with Crippen molar-refractivity contribution in [3.63, 3.8) is 0 Å². The van der Waals surface area contributed by atoms with Crippen molar-refractivity contribution in [2.24, 2.45) is 0 Å². The van der Waals surface area contributed by atoms with Crippen molar-refractivity contribution in [2.45, 2.75) is 32.7 Å². The molecular formula is C29H34BClN2O3. The average molecular weight is 505 g/mol. The zero-order valence-electron chi connectivity index (χ0n) is 20.9. The Labute approximate surface area is 220 Å². The average Bonchev–Trinajstić information content (AvgIpc) is 2.88. The number of anilines is 1. The fraction of sp³-hybridized carbons (Fsp3) is 0.310. The van der Waals surface area contributed by atoms with E-state index in [1.54, 1.807) is 18.2 Å². The molecule has 3 N–H and O–H groups in total. The Kier molecular flexibility index (Phi) is 8.11. The normalized spacial score (nSPS) is 16.1. The van der Waals surface area contributed by atoms with Gasteiger partial charge in [0.25, 0.3) is 0 Å². The quantitative estimate of drug-likeness (QED) is 0.460. The molecule has 1 saturated heterocycles. The van der Waals surface area contributed by atoms with Crippen LogP contribution in [-0.4, -0.2) is 59.4 Å². The number of aryl methyl sites for hydroxylation is 1. The van der Waals surface area contributed by atoms with Gasteiger partial charge in [0.05, 0.1) is 0 Å². The number of phenolic OH excluding ortho intramolecular Hbond substituents is 1. The topological polar surface area (TPSA) is 67.2 Å². The number of halogens is 1. The van der Waals surface area contributed by atoms with Crippen molar-refractivity contribution in [1.82, 2.24) is 4.90 Å². The Morgan fingerprint density at radius 1 is 0.778 bits per heavy atom. The molecule has 1 fully saturated rings. The van der Waals surface area contributed by atoms with Gasteiger partial charge in [-0.05, 0) is 89.8 Å². The minimum atomic E-state index is -1.47. The van der Waals surface area contributed by atoms with Gasteiger partial charge in [0.1, 0.15) is 5.75 Å². The van der Waals surface area contributed by atoms with Gasteiger partial charge in [0.15, 0.2) is 0 Å². The van der Waals surface area contributed by atoms with Gasteiger partial charge in [-0.1, -0.05) is 42.5 Å². The molecule has 188 valence electrons. The lowest BCUT2D eigenvalue weighted by molar-refractivity contribution is 0.209. The van der Waals surface area contributed by atoms with Crippen molar-refractivity contribution in [1.29, 1.82) is 0 Å². The summed E-state index contributed by atoms with van der Waals surface area (Å²) in [7, 11) is -1.47. The molecule has 5 rings (SSSR count). The van der Waals surface area contributed by atoms with Gasteiger partial charge in [-0.3, -0.25) is 4.90 Å². The highest BCUT2D eigenvalue weighted by atomic mass is 35.5. The van der Waals surface area contributed by atoms with E-state index in [0.29, 0.717) is 17.3 Å². The number of benzene rings is 3. The molecule has 5 nitrogen and oxygen atoms in total. The Bertz CT molecular complexity index is 1220. The van der Waals surface area contributed by atoms with E-state index in [2.05, 4.69) is 47.9 Å². The van der Waals surface area contributed by atoms with Crippen molar-refractivity contribution >= 4 is 41.8 Å². The molecule has 0 spiro atoms. The monoisotopic (exact) mass is 504 g/mol. The van der Waals surface area contributed by atoms with Crippen LogP contribution in [0, 0.1) is 0 Å². The second-order valence-corrected chi connectivity index (χ2v) is 9.85. The maximum atomic E-state index is 10.1. The second kappa shape index (κ2) is 11.1. The van der Waals surface area contributed by atoms with Crippen LogP contribution in [0.25, 0.3) is 11.1 Å². The smallest absolute Gasteiger partial charge is 0.488 e. The van der Waals surface area contributed by atoms with Crippen LogP contribution in [0.1, 0.15) is 42.5 Å². The number of hydrogen-bond acceptors (Lipinski definition) is 5. The first-order chi connectivity index (χ1) is 16.9. The molecule has 0 bridgehead atoms. The Hall–Kier alpha value is -2.77. The minimum absolute atomic E-state index is 0. The number of allylic oxidation sites excluding steroid dienone is 1. The third-order valence-electron chi connectivity index (χ3n) is 7.43. The highest BCUT2D eigenvalue weighted by molar-refractivity contribution is 6.58. The number of phenols is 1. The highest BCUT2D eigenvalue weighted by Gasteiger charge is 2.23. The van der Waals surface area contributed by atoms with E-state index in [-0.39, 0.29) is 12.4 Å². The third kappa shape index (κ3) is 5.32. The molecule has 0 atom stereocenters. The molecule has 1 aliphatic heterocycles. The van der Waals surface area contributed by atoms with E-state index in [1.165, 1.54) is 16.8 Å². The summed E-state index contributed by atoms with van der Waals surface area (Å²) >= 11 is 0. The third-order valence-corrected chi connectivity index (χ3v) is 7.43. The molecule has 0 unspecified atom stereocenters. The van der Waals surface area contributed by atoms with Gasteiger partial charge in [-0.15, -0.1) is 12.4 Å². The molecule has 2 aliphatic rings. The zero-order valence-corrected chi connectivity index (χ0v) is 21.7. The summed E-state index contributed by atoms with van der Waals surface area (Å²) in [5.41, 5.74) is 8.69. The van der Waals surface area contributed by atoms with Crippen molar-refractivity contribution < 1.29 is 15.2 Å². The molecule has 0 radical (unpaired) electrons. The summed E-state index contributed by atoms with van der Waals surface area (Å²) in [5.74, 6) is 0.295. The summed E-state index contributed by atoms with van der Waals surface area (Å²) in [4.78, 5) is 4.99. The Balaban J connectivity index is 0.00000304. The number of rotatable bonds is 5. The zero-order chi connectivity index (χ0) is 24.5. The Morgan fingerprint density at radius 3 is 2.03 bits per heavy atom. The van der Waals surface area contributed by atoms with Crippen molar-refractivity contribution in [3.05, 3.63) is 89.0 Å². The van der Waals surface area contributed by atoms with Crippen LogP contribution >= 0.6 is 12.4 Å². The van der Waals surface area contributed by atoms with E-state index in [4.69, 9.17) is 0 Å². The lowest BCUT2D eigenvalue weighted by Gasteiger charge is -2.38. The maximum Gasteiger partial charge on any atom is 0.488 e. The molecule has 36 heavy (non-hydrogen) atoms. The molecule has 0 aromatic heterocycles. The number of hydrogen-bond donors (Lipinski definition) is 3. The molecule has 0 saturated carbocycles. The minimum Gasteiger partial charge on any atom is -0.508 e. The summed E-state index contributed by atoms with van der Waals surface area (Å²) in [6.45, 7) is 8.77. The van der Waals surface area contributed by atoms with Gasteiger partial charge in [-0.2, -0.15) is 0 Å². The predicted molar refractivity (Wildman–Crippen MR) is 151 cm³/mol. The van der Waals surface area contributed by atoms with Crippen LogP contribution < -0.4 is 10.4 Å². The number of piperazine rings is 1. The largest absolute Gasteiger partial charge is 0.508 e. The van der Waals surface area contributed by atoms with Gasteiger partial charge < -0.3 is 20.1 Å². The van der Waals surface area contributed by atoms with Crippen LogP contribution in [0.5, 0.6) is 5.75 Å². The SMILES string of the molecule is CC(C)N1CCN(c2ccc(C3=C(c4ccc(B(O)O)cc4)CCc4cc(O)ccc43)cc2)CC1.Cl. The first-order valence-corrected chi connectivity index (χ1v) is 12.5. The molecule has 7 heteroatoms. The van der Waals surface area contributed by atoms with Gasteiger partial charge >= 0.3 is 7.12 Å². The lowest BCUT2D eigenvalue weighted by atomic mass is 9.77. The van der Waals surface area contributed by atoms with Crippen LogP contribution in [0.4, 0.5) is 5.69 Å². The summed E-state index contributed by atoms with van der Waals surface area (Å²) in [6, 6.07) is 22.6. The van der Waals surface area contributed by atoms with E-state index >= 15 is 0 Å². The van der Waals surface area contributed by atoms with E-state index in [9.17, 15) is 15.2 Å². The van der Waals surface area contributed by atoms with Crippen molar-refractivity contribution in [2.75, 3.05) is 31.1 Å². The molecule has 1 aliphatic carbocycles. The van der Waals surface area contributed by atoms with Gasteiger partial charge in [0, 0.05) is 37.9 Å². The van der Waals surface area contributed by atoms with Crippen LogP contribution in [0.2, 0.25) is 0 Å². The van der Waals surface area contributed by atoms with E-state index in [1.807, 2.05) is 24.3 Å². The van der Waals surface area contributed by atoms with E-state index in [0.717, 1.165) is 61.3 Å². The Morgan fingerprint density at radius 2 is 1.42 bits per heavy atom. The molecule has 1 heterocycles. The second-order valence-electron chi connectivity index (χ2n) is 9.85. The number of nitrogens with zero attached hydrogens (tertiary/aromatic N) is 2. The van der Waals surface area contributed by atoms with Crippen LogP contribution in [0.3, 0.4) is 0 Å². The number of aromatic hydroxyl groups is 1. The summed E-state index contributed by atoms with van der Waals surface area (Å²) in [6.07, 6.45) is 1.71. The fourth-order valence-electron chi connectivity index (χ4n) is 5.39. The van der Waals surface area contributed by atoms with Crippen LogP contribution in [0.15, 0.2) is 66.7 Å². The maximum absolute atomic E-state index is 10.1. The standard InChI is InChI=1S/C29H33BN2O3.ClH/c1-20(2)31-15-17-32(18-16-31)25-10-5-22(6-11-25)29-27(21-3-8-24(9-4-21)30(34)35)13-7-23-19-26(33)12-14-28(23)29;/h3-6,8-12,14,19-20,33-35H,7,13,15-18H2,1-2H3;1H. The first-order valence-electron chi connectivity index (χ1n) is 12.5. The van der Waals surface area contributed by atoms with Gasteiger partial charge in [-0.25, -0.2) is 0 Å². The summed E-state index contributed by atoms with van der Waals surface area (Å²) in [5, 5.41) is 29.1. The number of fused-ring (bicyclic) bond motifs is 1. The van der Waals surface area contributed by atoms with Crippen molar-refractivity contribution in [3.8, 4) is 5.75 Å². The van der Waals surface area contributed by atoms with E-state index < -0.39 is 7.12 Å². The predicted octanol–water partition coefficient (Wildman–Crippen LogP) is 3.93. The molecule has 3 aromatic rings. The lowest BCUT2D eigenvalue weighted by Crippen LogP contribution is -2.48. The van der Waals surface area contributed by atoms with Crippen LogP contribution in [-0.2, 0) is 6.42 Å². The first kappa shape index (κ1) is 26.3. The highest BCUT2D eigenvalue weighted by Crippen LogP contribution is 2.42. The fourth-order valence-corrected chi connectivity index (χ4v) is 5.39. The summed E-state index contributed by atoms with van der Waals surface area (Å²) < 4.78 is 0. The molecule has 3 aromatic carbocycles. The molecular weight excluding hydrogens is 471 g/mol. The molecule has 0 amide bonds. The van der Waals surface area contributed by atoms with Gasteiger partial charge in [0.2, 0.25) is 0 Å².